The summed E-state index contributed by atoms with van der Waals surface area (Å²) in [6.45, 7) is 29.6. The second-order valence-electron chi connectivity index (χ2n) is 9.69. The molecule has 0 N–H and O–H groups in total. The molecule has 0 bridgehead atoms. The fraction of sp³-hybridized carbons (Fsp3) is 1.00. The number of hydrogen-bond acceptors (Lipinski definition) is 0. The highest BCUT2D eigenvalue weighted by molar-refractivity contribution is 5.05. The van der Waals surface area contributed by atoms with E-state index in [2.05, 4.69) is 83.1 Å². The molecule has 0 spiro atoms. The first-order valence-corrected chi connectivity index (χ1v) is 9.21. The molecule has 0 rings (SSSR count). The summed E-state index contributed by atoms with van der Waals surface area (Å²) in [7, 11) is 0. The van der Waals surface area contributed by atoms with E-state index in [0.717, 1.165) is 11.8 Å². The van der Waals surface area contributed by atoms with Crippen LogP contribution in [0.2, 0.25) is 0 Å². The molecule has 0 heteroatoms. The Morgan fingerprint density at radius 2 is 0.952 bits per heavy atom. The van der Waals surface area contributed by atoms with E-state index >= 15 is 0 Å². The molecule has 0 aliphatic heterocycles. The van der Waals surface area contributed by atoms with Gasteiger partial charge in [0.2, 0.25) is 0 Å². The molecule has 128 valence electrons. The van der Waals surface area contributed by atoms with E-state index in [1.807, 2.05) is 0 Å². The molecule has 0 saturated carbocycles. The Hall–Kier alpha value is 0. The minimum Gasteiger partial charge on any atom is -0.0654 e. The monoisotopic (exact) mass is 296 g/mol. The van der Waals surface area contributed by atoms with Gasteiger partial charge in [-0.25, -0.2) is 0 Å². The molecular formula is C21H44. The van der Waals surface area contributed by atoms with Crippen molar-refractivity contribution in [1.82, 2.24) is 0 Å². The Kier molecular flexibility index (Phi) is 6.63. The lowest BCUT2D eigenvalue weighted by Gasteiger charge is -2.62. The maximum Gasteiger partial charge on any atom is -0.0244 e. The molecule has 0 fully saturated rings. The molecule has 0 radical (unpaired) electrons. The van der Waals surface area contributed by atoms with Crippen molar-refractivity contribution in [2.45, 2.75) is 102 Å². The van der Waals surface area contributed by atoms with Crippen LogP contribution >= 0.6 is 0 Å². The van der Waals surface area contributed by atoms with Gasteiger partial charge in [-0.05, 0) is 33.5 Å². The minimum absolute atomic E-state index is 0.279. The van der Waals surface area contributed by atoms with Gasteiger partial charge in [0.15, 0.2) is 0 Å². The average molecular weight is 297 g/mol. The summed E-state index contributed by atoms with van der Waals surface area (Å²) in [4.78, 5) is 0. The predicted octanol–water partition coefficient (Wildman–Crippen LogP) is 7.57. The second-order valence-corrected chi connectivity index (χ2v) is 9.69. The predicted molar refractivity (Wildman–Crippen MR) is 98.7 cm³/mol. The Morgan fingerprint density at radius 3 is 1.24 bits per heavy atom. The summed E-state index contributed by atoms with van der Waals surface area (Å²) in [6.07, 6.45) is 3.88. The van der Waals surface area contributed by atoms with Gasteiger partial charge < -0.3 is 0 Å². The van der Waals surface area contributed by atoms with Crippen molar-refractivity contribution in [2.24, 2.45) is 33.5 Å². The zero-order valence-corrected chi connectivity index (χ0v) is 17.3. The van der Waals surface area contributed by atoms with E-state index in [0.29, 0.717) is 10.8 Å². The standard InChI is InChI=1S/C21H44/c1-13-15-17(4)19(7,8)21(11,12)20(9,10)18(5,6)16(3)14-2/h16-17H,13-15H2,1-12H3. The molecule has 2 unspecified atom stereocenters. The first-order valence-electron chi connectivity index (χ1n) is 9.21. The minimum atomic E-state index is 0.279. The Labute approximate surface area is 136 Å². The van der Waals surface area contributed by atoms with Gasteiger partial charge in [-0.15, -0.1) is 0 Å². The van der Waals surface area contributed by atoms with Gasteiger partial charge in [0.1, 0.15) is 0 Å². The highest BCUT2D eigenvalue weighted by atomic mass is 14.6. The van der Waals surface area contributed by atoms with Gasteiger partial charge in [-0.1, -0.05) is 102 Å². The highest BCUT2D eigenvalue weighted by Gasteiger charge is 2.56. The molecule has 0 aromatic heterocycles. The van der Waals surface area contributed by atoms with E-state index in [9.17, 15) is 0 Å². The molecule has 0 aromatic carbocycles. The third-order valence-corrected chi connectivity index (χ3v) is 8.58. The van der Waals surface area contributed by atoms with E-state index in [1.54, 1.807) is 0 Å². The van der Waals surface area contributed by atoms with Crippen molar-refractivity contribution in [2.75, 3.05) is 0 Å². The largest absolute Gasteiger partial charge is 0.0654 e. The van der Waals surface area contributed by atoms with Crippen LogP contribution in [0.1, 0.15) is 102 Å². The zero-order chi connectivity index (χ0) is 17.3. The van der Waals surface area contributed by atoms with Crippen molar-refractivity contribution in [3.63, 3.8) is 0 Å². The van der Waals surface area contributed by atoms with E-state index in [-0.39, 0.29) is 10.8 Å². The van der Waals surface area contributed by atoms with Crippen molar-refractivity contribution < 1.29 is 0 Å². The lowest BCUT2D eigenvalue weighted by atomic mass is 9.43. The first kappa shape index (κ1) is 21.0. The van der Waals surface area contributed by atoms with Crippen LogP contribution in [-0.4, -0.2) is 0 Å². The topological polar surface area (TPSA) is 0 Å². The van der Waals surface area contributed by atoms with Crippen LogP contribution in [0.4, 0.5) is 0 Å². The number of rotatable bonds is 8. The summed E-state index contributed by atoms with van der Waals surface area (Å²) in [6, 6.07) is 0. The summed E-state index contributed by atoms with van der Waals surface area (Å²) >= 11 is 0. The molecule has 0 aliphatic rings. The third kappa shape index (κ3) is 3.35. The van der Waals surface area contributed by atoms with Crippen LogP contribution in [0, 0.1) is 33.5 Å². The van der Waals surface area contributed by atoms with E-state index in [1.165, 1.54) is 19.3 Å². The van der Waals surface area contributed by atoms with Crippen LogP contribution in [0.15, 0.2) is 0 Å². The lowest BCUT2D eigenvalue weighted by Crippen LogP contribution is -2.55. The molecule has 0 aromatic rings. The average Bonchev–Trinajstić information content (AvgIpc) is 2.36. The van der Waals surface area contributed by atoms with E-state index < -0.39 is 0 Å². The summed E-state index contributed by atoms with van der Waals surface area (Å²) < 4.78 is 0. The molecular weight excluding hydrogens is 252 g/mol. The second kappa shape index (κ2) is 6.63. The van der Waals surface area contributed by atoms with E-state index in [4.69, 9.17) is 0 Å². The first-order chi connectivity index (χ1) is 9.21. The van der Waals surface area contributed by atoms with Gasteiger partial charge in [0, 0.05) is 0 Å². The van der Waals surface area contributed by atoms with Crippen LogP contribution in [0.3, 0.4) is 0 Å². The highest BCUT2D eigenvalue weighted by Crippen LogP contribution is 2.63. The fourth-order valence-electron chi connectivity index (χ4n) is 4.15. The van der Waals surface area contributed by atoms with Gasteiger partial charge in [-0.2, -0.15) is 0 Å². The van der Waals surface area contributed by atoms with Gasteiger partial charge >= 0.3 is 0 Å². The van der Waals surface area contributed by atoms with Crippen LogP contribution in [-0.2, 0) is 0 Å². The van der Waals surface area contributed by atoms with Crippen molar-refractivity contribution in [3.05, 3.63) is 0 Å². The van der Waals surface area contributed by atoms with Crippen LogP contribution in [0.5, 0.6) is 0 Å². The maximum atomic E-state index is 2.52. The molecule has 0 heterocycles. The smallest absolute Gasteiger partial charge is 0.0244 e. The fourth-order valence-corrected chi connectivity index (χ4v) is 4.15. The quantitative estimate of drug-likeness (QED) is 0.433. The molecule has 2 atom stereocenters. The third-order valence-electron chi connectivity index (χ3n) is 8.58. The van der Waals surface area contributed by atoms with Gasteiger partial charge in [0.25, 0.3) is 0 Å². The summed E-state index contributed by atoms with van der Waals surface area (Å²) in [5.74, 6) is 1.49. The normalized spacial score (nSPS) is 17.7. The van der Waals surface area contributed by atoms with Crippen molar-refractivity contribution in [1.29, 1.82) is 0 Å². The SMILES string of the molecule is CCCC(C)C(C)(C)C(C)(C)C(C)(C)C(C)(C)C(C)CC. The molecule has 0 amide bonds. The van der Waals surface area contributed by atoms with Gasteiger partial charge in [-0.3, -0.25) is 0 Å². The summed E-state index contributed by atoms with van der Waals surface area (Å²) in [5.41, 5.74) is 1.22. The molecule has 0 nitrogen and oxygen atoms in total. The lowest BCUT2D eigenvalue weighted by molar-refractivity contribution is -0.133. The van der Waals surface area contributed by atoms with Crippen molar-refractivity contribution >= 4 is 0 Å². The Morgan fingerprint density at radius 1 is 0.619 bits per heavy atom. The summed E-state index contributed by atoms with van der Waals surface area (Å²) in [5, 5.41) is 0. The van der Waals surface area contributed by atoms with Crippen molar-refractivity contribution in [3.8, 4) is 0 Å². The molecule has 0 saturated heterocycles. The van der Waals surface area contributed by atoms with Crippen LogP contribution in [0.25, 0.3) is 0 Å². The Balaban J connectivity index is 5.76. The van der Waals surface area contributed by atoms with Gasteiger partial charge in [0.05, 0.1) is 0 Å². The van der Waals surface area contributed by atoms with Crippen LogP contribution < -0.4 is 0 Å². The Bertz CT molecular complexity index is 317. The molecule has 21 heavy (non-hydrogen) atoms. The molecule has 0 aliphatic carbocycles. The zero-order valence-electron chi connectivity index (χ0n) is 17.3. The maximum absolute atomic E-state index is 2.52. The number of hydrogen-bond donors (Lipinski definition) is 0.